The van der Waals surface area contributed by atoms with Gasteiger partial charge in [-0.2, -0.15) is 5.26 Å². The largest absolute Gasteiger partial charge is 0.383 e. The van der Waals surface area contributed by atoms with Crippen LogP contribution in [0.2, 0.25) is 0 Å². The smallest absolute Gasteiger partial charge is 0.0671 e. The van der Waals surface area contributed by atoms with Crippen molar-refractivity contribution in [1.29, 1.82) is 5.26 Å². The number of anilines is 1. The van der Waals surface area contributed by atoms with Crippen LogP contribution >= 0.6 is 11.3 Å². The van der Waals surface area contributed by atoms with Gasteiger partial charge >= 0.3 is 0 Å². The first-order valence-electron chi connectivity index (χ1n) is 3.90. The zero-order valence-corrected chi connectivity index (χ0v) is 8.11. The van der Waals surface area contributed by atoms with Gasteiger partial charge in [0.05, 0.1) is 12.0 Å². The first-order chi connectivity index (χ1) is 5.74. The maximum Gasteiger partial charge on any atom is 0.0671 e. The molecule has 1 heterocycles. The molecule has 1 aromatic rings. The van der Waals surface area contributed by atoms with Gasteiger partial charge in [0.15, 0.2) is 0 Å². The third-order valence-corrected chi connectivity index (χ3v) is 2.54. The van der Waals surface area contributed by atoms with E-state index in [1.165, 1.54) is 5.56 Å². The molecule has 0 amide bonds. The van der Waals surface area contributed by atoms with Gasteiger partial charge in [-0.25, -0.2) is 0 Å². The fraction of sp³-hybridized carbons (Fsp3) is 0.444. The van der Waals surface area contributed by atoms with Crippen LogP contribution < -0.4 is 5.32 Å². The van der Waals surface area contributed by atoms with E-state index in [1.807, 2.05) is 6.92 Å². The standard InChI is InChI=1S/C9H12N2S/c1-7(3-10)4-11-9-6-12-5-8(9)2/h5-7,11H,4H2,1-2H3. The lowest BCUT2D eigenvalue weighted by Gasteiger charge is -2.05. The molecule has 1 aromatic heterocycles. The van der Waals surface area contributed by atoms with Crippen molar-refractivity contribution in [2.24, 2.45) is 5.92 Å². The maximum absolute atomic E-state index is 8.55. The van der Waals surface area contributed by atoms with Gasteiger partial charge in [-0.1, -0.05) is 0 Å². The lowest BCUT2D eigenvalue weighted by atomic mass is 10.2. The highest BCUT2D eigenvalue weighted by Gasteiger charge is 2.01. The van der Waals surface area contributed by atoms with Crippen LogP contribution in [-0.4, -0.2) is 6.54 Å². The van der Waals surface area contributed by atoms with Crippen LogP contribution in [0.1, 0.15) is 12.5 Å². The summed E-state index contributed by atoms with van der Waals surface area (Å²) in [5, 5.41) is 15.9. The topological polar surface area (TPSA) is 35.8 Å². The molecule has 1 unspecified atom stereocenters. The van der Waals surface area contributed by atoms with Crippen molar-refractivity contribution in [3.05, 3.63) is 16.3 Å². The molecule has 1 rings (SSSR count). The van der Waals surface area contributed by atoms with Crippen molar-refractivity contribution in [1.82, 2.24) is 0 Å². The third kappa shape index (κ3) is 2.24. The van der Waals surface area contributed by atoms with Crippen molar-refractivity contribution in [3.8, 4) is 6.07 Å². The Morgan fingerprint density at radius 1 is 1.67 bits per heavy atom. The zero-order chi connectivity index (χ0) is 8.97. The number of hydrogen-bond donors (Lipinski definition) is 1. The average Bonchev–Trinajstić information content (AvgIpc) is 2.47. The van der Waals surface area contributed by atoms with Gasteiger partial charge < -0.3 is 5.32 Å². The number of hydrogen-bond acceptors (Lipinski definition) is 3. The Kier molecular flexibility index (Phi) is 3.12. The second-order valence-corrected chi connectivity index (χ2v) is 3.62. The number of thiophene rings is 1. The molecule has 0 aliphatic rings. The Bertz CT molecular complexity index is 285. The molecule has 64 valence electrons. The van der Waals surface area contributed by atoms with E-state index in [-0.39, 0.29) is 5.92 Å². The molecule has 12 heavy (non-hydrogen) atoms. The van der Waals surface area contributed by atoms with E-state index in [9.17, 15) is 0 Å². The summed E-state index contributed by atoms with van der Waals surface area (Å²) in [7, 11) is 0. The van der Waals surface area contributed by atoms with E-state index in [4.69, 9.17) is 5.26 Å². The Hall–Kier alpha value is -1.01. The molecule has 3 heteroatoms. The molecule has 0 aliphatic carbocycles. The van der Waals surface area contributed by atoms with Crippen LogP contribution in [0.4, 0.5) is 5.69 Å². The molecule has 0 fully saturated rings. The van der Waals surface area contributed by atoms with E-state index >= 15 is 0 Å². The van der Waals surface area contributed by atoms with Crippen LogP contribution in [0.15, 0.2) is 10.8 Å². The summed E-state index contributed by atoms with van der Waals surface area (Å²) in [6, 6.07) is 2.19. The van der Waals surface area contributed by atoms with Crippen LogP contribution in [0.25, 0.3) is 0 Å². The van der Waals surface area contributed by atoms with Crippen molar-refractivity contribution < 1.29 is 0 Å². The number of nitrogens with zero attached hydrogens (tertiary/aromatic N) is 1. The second kappa shape index (κ2) is 4.13. The SMILES string of the molecule is Cc1cscc1NCC(C)C#N. The molecular formula is C9H12N2S. The summed E-state index contributed by atoms with van der Waals surface area (Å²) in [6.45, 7) is 4.71. The molecule has 2 nitrogen and oxygen atoms in total. The fourth-order valence-electron chi connectivity index (χ4n) is 0.850. The lowest BCUT2D eigenvalue weighted by Crippen LogP contribution is -2.09. The Morgan fingerprint density at radius 3 is 2.92 bits per heavy atom. The van der Waals surface area contributed by atoms with Crippen molar-refractivity contribution in [2.45, 2.75) is 13.8 Å². The average molecular weight is 180 g/mol. The second-order valence-electron chi connectivity index (χ2n) is 2.88. The van der Waals surface area contributed by atoms with E-state index in [0.717, 1.165) is 12.2 Å². The molecule has 0 spiro atoms. The molecule has 0 saturated carbocycles. The third-order valence-electron chi connectivity index (χ3n) is 1.67. The lowest BCUT2D eigenvalue weighted by molar-refractivity contribution is 0.786. The monoisotopic (exact) mass is 180 g/mol. The highest BCUT2D eigenvalue weighted by Crippen LogP contribution is 2.19. The van der Waals surface area contributed by atoms with Crippen LogP contribution in [-0.2, 0) is 0 Å². The number of nitriles is 1. The summed E-state index contributed by atoms with van der Waals surface area (Å²) in [5.41, 5.74) is 2.41. The van der Waals surface area contributed by atoms with E-state index in [1.54, 1.807) is 11.3 Å². The number of aryl methyl sites for hydroxylation is 1. The predicted octanol–water partition coefficient (Wildman–Crippen LogP) is 2.63. The summed E-state index contributed by atoms with van der Waals surface area (Å²) in [6.07, 6.45) is 0. The Morgan fingerprint density at radius 2 is 2.42 bits per heavy atom. The van der Waals surface area contributed by atoms with Gasteiger partial charge in [-0.15, -0.1) is 11.3 Å². The summed E-state index contributed by atoms with van der Waals surface area (Å²) < 4.78 is 0. The summed E-state index contributed by atoms with van der Waals surface area (Å²) in [5.74, 6) is 0.0734. The molecule has 0 saturated heterocycles. The van der Waals surface area contributed by atoms with Gasteiger partial charge in [0.1, 0.15) is 0 Å². The number of rotatable bonds is 3. The Balaban J connectivity index is 2.44. The molecule has 0 aliphatic heterocycles. The minimum Gasteiger partial charge on any atom is -0.383 e. The minimum absolute atomic E-state index is 0.0734. The van der Waals surface area contributed by atoms with Crippen molar-refractivity contribution in [2.75, 3.05) is 11.9 Å². The van der Waals surface area contributed by atoms with E-state index < -0.39 is 0 Å². The van der Waals surface area contributed by atoms with E-state index in [0.29, 0.717) is 0 Å². The highest BCUT2D eigenvalue weighted by molar-refractivity contribution is 7.08. The first kappa shape index (κ1) is 9.08. The van der Waals surface area contributed by atoms with Gasteiger partial charge in [0.25, 0.3) is 0 Å². The minimum atomic E-state index is 0.0734. The zero-order valence-electron chi connectivity index (χ0n) is 7.29. The van der Waals surface area contributed by atoms with Gasteiger partial charge in [-0.3, -0.25) is 0 Å². The molecule has 0 bridgehead atoms. The molecule has 0 aromatic carbocycles. The van der Waals surface area contributed by atoms with Crippen molar-refractivity contribution in [3.63, 3.8) is 0 Å². The molecule has 1 atom stereocenters. The first-order valence-corrected chi connectivity index (χ1v) is 4.84. The quantitative estimate of drug-likeness (QED) is 0.776. The highest BCUT2D eigenvalue weighted by atomic mass is 32.1. The predicted molar refractivity (Wildman–Crippen MR) is 52.3 cm³/mol. The normalized spacial score (nSPS) is 12.1. The maximum atomic E-state index is 8.55. The van der Waals surface area contributed by atoms with Crippen LogP contribution in [0.5, 0.6) is 0 Å². The van der Waals surface area contributed by atoms with Gasteiger partial charge in [0, 0.05) is 17.6 Å². The van der Waals surface area contributed by atoms with Crippen LogP contribution in [0, 0.1) is 24.2 Å². The van der Waals surface area contributed by atoms with E-state index in [2.05, 4.69) is 29.1 Å². The summed E-state index contributed by atoms with van der Waals surface area (Å²) in [4.78, 5) is 0. The Labute approximate surface area is 76.8 Å². The van der Waals surface area contributed by atoms with Crippen molar-refractivity contribution >= 4 is 17.0 Å². The summed E-state index contributed by atoms with van der Waals surface area (Å²) >= 11 is 1.68. The molecule has 1 N–H and O–H groups in total. The van der Waals surface area contributed by atoms with Gasteiger partial charge in [-0.05, 0) is 24.8 Å². The number of nitrogens with one attached hydrogen (secondary N) is 1. The molecular weight excluding hydrogens is 168 g/mol. The van der Waals surface area contributed by atoms with Crippen LogP contribution in [0.3, 0.4) is 0 Å². The van der Waals surface area contributed by atoms with Gasteiger partial charge in [0.2, 0.25) is 0 Å². The molecule has 0 radical (unpaired) electrons. The fourth-order valence-corrected chi connectivity index (χ4v) is 1.65.